The summed E-state index contributed by atoms with van der Waals surface area (Å²) in [5, 5.41) is 25.9. The lowest BCUT2D eigenvalue weighted by molar-refractivity contribution is 0.0696. The Hall–Kier alpha value is -1.71. The Morgan fingerprint density at radius 1 is 1.36 bits per heavy atom. The molecule has 1 aromatic rings. The Labute approximate surface area is 62.3 Å². The molecule has 3 N–H and O–H groups in total. The lowest BCUT2D eigenvalue weighted by atomic mass is 10.2. The summed E-state index contributed by atoms with van der Waals surface area (Å²) < 4.78 is 0. The molecule has 0 saturated heterocycles. The van der Waals surface area contributed by atoms with Gasteiger partial charge in [0.1, 0.15) is 0 Å². The van der Waals surface area contributed by atoms with E-state index in [1.54, 1.807) is 0 Å². The van der Waals surface area contributed by atoms with Crippen LogP contribution in [0.5, 0.6) is 11.5 Å². The Morgan fingerprint density at radius 2 is 2.00 bits per heavy atom. The first-order valence-corrected chi connectivity index (χ1v) is 2.78. The normalized spacial score (nSPS) is 9.45. The zero-order valence-corrected chi connectivity index (χ0v) is 5.40. The van der Waals surface area contributed by atoms with Gasteiger partial charge in [-0.1, -0.05) is 0 Å². The van der Waals surface area contributed by atoms with Crippen LogP contribution < -0.4 is 0 Å². The zero-order valence-electron chi connectivity index (χ0n) is 5.40. The highest BCUT2D eigenvalue weighted by Gasteiger charge is 2.05. The molecule has 0 bridgehead atoms. The van der Waals surface area contributed by atoms with Gasteiger partial charge in [0.2, 0.25) is 0 Å². The van der Waals surface area contributed by atoms with Crippen molar-refractivity contribution in [2.75, 3.05) is 0 Å². The average molecular weight is 153 g/mol. The number of benzene rings is 1. The summed E-state index contributed by atoms with van der Waals surface area (Å²) in [4.78, 5) is 10.2. The van der Waals surface area contributed by atoms with Crippen LogP contribution >= 0.6 is 0 Å². The van der Waals surface area contributed by atoms with E-state index in [1.165, 1.54) is 0 Å². The van der Waals surface area contributed by atoms with Crippen LogP contribution in [-0.2, 0) is 0 Å². The number of aromatic carboxylic acids is 1. The van der Waals surface area contributed by atoms with Crippen molar-refractivity contribution in [3.63, 3.8) is 0 Å². The van der Waals surface area contributed by atoms with Crippen molar-refractivity contribution in [2.24, 2.45) is 0 Å². The molecule has 0 aromatic heterocycles. The van der Waals surface area contributed by atoms with Gasteiger partial charge in [-0.15, -0.1) is 0 Å². The smallest absolute Gasteiger partial charge is 0.336 e. The Bertz CT molecular complexity index is 292. The van der Waals surface area contributed by atoms with Crippen LogP contribution in [0, 0.1) is 6.07 Å². The first-order valence-electron chi connectivity index (χ1n) is 2.78. The van der Waals surface area contributed by atoms with Gasteiger partial charge in [0.15, 0.2) is 11.5 Å². The summed E-state index contributed by atoms with van der Waals surface area (Å²) in [6.45, 7) is 0. The Morgan fingerprint density at radius 3 is 2.45 bits per heavy atom. The molecule has 0 unspecified atom stereocenters. The minimum atomic E-state index is -1.19. The molecular weight excluding hydrogens is 148 g/mol. The molecule has 0 aliphatic carbocycles. The van der Waals surface area contributed by atoms with E-state index >= 15 is 0 Å². The summed E-state index contributed by atoms with van der Waals surface area (Å²) in [5.41, 5.74) is -0.180. The quantitative estimate of drug-likeness (QED) is 0.516. The van der Waals surface area contributed by atoms with Crippen molar-refractivity contribution in [3.05, 3.63) is 23.8 Å². The van der Waals surface area contributed by atoms with Gasteiger partial charge in [0.25, 0.3) is 0 Å². The van der Waals surface area contributed by atoms with E-state index in [9.17, 15) is 4.79 Å². The van der Waals surface area contributed by atoms with Crippen LogP contribution in [0.3, 0.4) is 0 Å². The molecule has 0 amide bonds. The minimum Gasteiger partial charge on any atom is -0.504 e. The van der Waals surface area contributed by atoms with Crippen LogP contribution in [0.25, 0.3) is 0 Å². The maximum absolute atomic E-state index is 10.2. The molecule has 0 aliphatic rings. The van der Waals surface area contributed by atoms with E-state index in [0.29, 0.717) is 0 Å². The van der Waals surface area contributed by atoms with E-state index in [0.717, 1.165) is 12.1 Å². The summed E-state index contributed by atoms with van der Waals surface area (Å²) in [5.74, 6) is -2.03. The molecule has 4 nitrogen and oxygen atoms in total. The molecule has 4 heteroatoms. The van der Waals surface area contributed by atoms with Gasteiger partial charge in [0.05, 0.1) is 5.56 Å². The number of carbonyl (C=O) groups is 1. The van der Waals surface area contributed by atoms with Crippen LogP contribution in [0.4, 0.5) is 0 Å². The highest BCUT2D eigenvalue weighted by atomic mass is 16.4. The van der Waals surface area contributed by atoms with Gasteiger partial charge in [-0.05, 0) is 12.1 Å². The van der Waals surface area contributed by atoms with Crippen LogP contribution in [0.15, 0.2) is 12.1 Å². The lowest BCUT2D eigenvalue weighted by Crippen LogP contribution is -1.94. The van der Waals surface area contributed by atoms with Gasteiger partial charge in [-0.2, -0.15) is 0 Å². The summed E-state index contributed by atoms with van der Waals surface area (Å²) in [6.07, 6.45) is 0. The molecule has 0 aliphatic heterocycles. The second-order valence-electron chi connectivity index (χ2n) is 1.92. The van der Waals surface area contributed by atoms with E-state index in [4.69, 9.17) is 15.3 Å². The maximum atomic E-state index is 10.2. The van der Waals surface area contributed by atoms with Crippen molar-refractivity contribution in [1.29, 1.82) is 0 Å². The second kappa shape index (κ2) is 2.49. The Balaban J connectivity index is 3.15. The van der Waals surface area contributed by atoms with Crippen molar-refractivity contribution in [2.45, 2.75) is 0 Å². The molecule has 11 heavy (non-hydrogen) atoms. The Kier molecular flexibility index (Phi) is 1.68. The first-order chi connectivity index (χ1) is 5.11. The third-order valence-corrected chi connectivity index (χ3v) is 1.14. The van der Waals surface area contributed by atoms with E-state index in [1.807, 2.05) is 0 Å². The zero-order chi connectivity index (χ0) is 8.43. The van der Waals surface area contributed by atoms with Gasteiger partial charge in [0, 0.05) is 6.07 Å². The van der Waals surface area contributed by atoms with Gasteiger partial charge < -0.3 is 15.3 Å². The molecule has 0 saturated carbocycles. The number of rotatable bonds is 1. The third-order valence-electron chi connectivity index (χ3n) is 1.14. The topological polar surface area (TPSA) is 77.8 Å². The van der Waals surface area contributed by atoms with Crippen molar-refractivity contribution in [1.82, 2.24) is 0 Å². The fraction of sp³-hybridized carbons (Fsp3) is 0. The van der Waals surface area contributed by atoms with E-state index < -0.39 is 11.7 Å². The number of aromatic hydroxyl groups is 2. The van der Waals surface area contributed by atoms with E-state index in [2.05, 4.69) is 6.07 Å². The number of phenolic OH excluding ortho intramolecular Hbond substituents is 2. The maximum Gasteiger partial charge on any atom is 0.336 e. The summed E-state index contributed by atoms with van der Waals surface area (Å²) in [6, 6.07) is 4.19. The summed E-state index contributed by atoms with van der Waals surface area (Å²) >= 11 is 0. The second-order valence-corrected chi connectivity index (χ2v) is 1.92. The predicted octanol–water partition coefficient (Wildman–Crippen LogP) is 0.596. The van der Waals surface area contributed by atoms with Crippen LogP contribution in [0.1, 0.15) is 10.4 Å². The van der Waals surface area contributed by atoms with Crippen LogP contribution in [0.2, 0.25) is 0 Å². The van der Waals surface area contributed by atoms with Crippen molar-refractivity contribution in [3.8, 4) is 11.5 Å². The number of hydrogen-bond donors (Lipinski definition) is 3. The molecule has 0 fully saturated rings. The average Bonchev–Trinajstić information content (AvgIpc) is 1.94. The number of hydrogen-bond acceptors (Lipinski definition) is 3. The molecule has 1 rings (SSSR count). The van der Waals surface area contributed by atoms with Crippen molar-refractivity contribution >= 4 is 5.97 Å². The fourth-order valence-electron chi connectivity index (χ4n) is 0.596. The molecule has 1 aromatic carbocycles. The van der Waals surface area contributed by atoms with E-state index in [-0.39, 0.29) is 11.3 Å². The van der Waals surface area contributed by atoms with Gasteiger partial charge in [-0.25, -0.2) is 4.79 Å². The minimum absolute atomic E-state index is 0.180. The highest BCUT2D eigenvalue weighted by molar-refractivity contribution is 5.88. The first kappa shape index (κ1) is 7.40. The molecular formula is C7H5O4. The number of phenols is 2. The fourth-order valence-corrected chi connectivity index (χ4v) is 0.596. The summed E-state index contributed by atoms with van der Waals surface area (Å²) in [7, 11) is 0. The largest absolute Gasteiger partial charge is 0.504 e. The number of carboxylic acid groups (broad SMARTS) is 1. The molecule has 0 heterocycles. The molecule has 1 radical (unpaired) electrons. The number of carboxylic acids is 1. The monoisotopic (exact) mass is 153 g/mol. The third kappa shape index (κ3) is 1.40. The van der Waals surface area contributed by atoms with Gasteiger partial charge >= 0.3 is 5.97 Å². The van der Waals surface area contributed by atoms with Crippen LogP contribution in [-0.4, -0.2) is 21.3 Å². The van der Waals surface area contributed by atoms with Crippen molar-refractivity contribution < 1.29 is 20.1 Å². The highest BCUT2D eigenvalue weighted by Crippen LogP contribution is 2.24. The lowest BCUT2D eigenvalue weighted by Gasteiger charge is -1.96. The SMILES string of the molecule is O=C(O)c1[c]cc(O)c(O)c1. The molecule has 0 atom stereocenters. The predicted molar refractivity (Wildman–Crippen MR) is 35.6 cm³/mol. The standard InChI is InChI=1S/C7H5O4/c8-5-2-1-4(7(10)11)3-6(5)9/h2-3,8-9H,(H,10,11). The molecule has 57 valence electrons. The van der Waals surface area contributed by atoms with Gasteiger partial charge in [-0.3, -0.25) is 0 Å². The molecule has 0 spiro atoms.